The number of nitrogens with one attached hydrogen (secondary N) is 1. The lowest BCUT2D eigenvalue weighted by Crippen LogP contribution is -2.38. The zero-order valence-corrected chi connectivity index (χ0v) is 15.7. The first-order valence-corrected chi connectivity index (χ1v) is 10.1. The summed E-state index contributed by atoms with van der Waals surface area (Å²) in [6, 6.07) is 0. The lowest BCUT2D eigenvalue weighted by Gasteiger charge is -2.32. The van der Waals surface area contributed by atoms with E-state index in [1.165, 1.54) is 24.2 Å². The standard InChI is InChI=1S/C19H25NO4S/c1-3-24-17(21)15-13-6-7-23-10-14(13)25-16(15)20-18(22)19(2)9-11-4-5-12(19)8-11/h11-12H,3-10H2,1-2H3,(H,20,22). The molecule has 2 bridgehead atoms. The van der Waals surface area contributed by atoms with Crippen LogP contribution in [0.25, 0.3) is 0 Å². The molecule has 3 unspecified atom stereocenters. The van der Waals surface area contributed by atoms with Gasteiger partial charge >= 0.3 is 5.97 Å². The number of hydrogen-bond acceptors (Lipinski definition) is 5. The van der Waals surface area contributed by atoms with Crippen LogP contribution in [0.15, 0.2) is 0 Å². The third kappa shape index (κ3) is 2.79. The quantitative estimate of drug-likeness (QED) is 0.827. The van der Waals surface area contributed by atoms with E-state index in [9.17, 15) is 9.59 Å². The number of rotatable bonds is 4. The van der Waals surface area contributed by atoms with Crippen molar-refractivity contribution in [3.8, 4) is 0 Å². The second-order valence-electron chi connectivity index (χ2n) is 7.68. The van der Waals surface area contributed by atoms with Gasteiger partial charge in [-0.25, -0.2) is 4.79 Å². The molecule has 136 valence electrons. The fourth-order valence-corrected chi connectivity index (χ4v) is 6.04. The summed E-state index contributed by atoms with van der Waals surface area (Å²) in [5, 5.41) is 3.74. The van der Waals surface area contributed by atoms with Crippen LogP contribution >= 0.6 is 11.3 Å². The van der Waals surface area contributed by atoms with E-state index < -0.39 is 0 Å². The highest BCUT2D eigenvalue weighted by atomic mass is 32.1. The van der Waals surface area contributed by atoms with Crippen molar-refractivity contribution in [3.63, 3.8) is 0 Å². The molecular weight excluding hydrogens is 338 g/mol. The molecule has 6 heteroatoms. The Hall–Kier alpha value is -1.40. The fourth-order valence-electron chi connectivity index (χ4n) is 4.87. The van der Waals surface area contributed by atoms with Gasteiger partial charge in [0.25, 0.3) is 0 Å². The van der Waals surface area contributed by atoms with Crippen molar-refractivity contribution in [1.82, 2.24) is 0 Å². The van der Waals surface area contributed by atoms with Crippen molar-refractivity contribution in [1.29, 1.82) is 0 Å². The molecule has 0 aromatic carbocycles. The average molecular weight is 363 g/mol. The maximum atomic E-state index is 13.1. The molecule has 3 atom stereocenters. The van der Waals surface area contributed by atoms with Gasteiger partial charge in [-0.05, 0) is 50.0 Å². The van der Waals surface area contributed by atoms with Crippen LogP contribution in [0.2, 0.25) is 0 Å². The second-order valence-corrected chi connectivity index (χ2v) is 8.79. The maximum absolute atomic E-state index is 13.1. The number of amides is 1. The fraction of sp³-hybridized carbons (Fsp3) is 0.684. The molecule has 2 saturated carbocycles. The van der Waals surface area contributed by atoms with Crippen LogP contribution in [0, 0.1) is 17.3 Å². The lowest BCUT2D eigenvalue weighted by atomic mass is 9.74. The van der Waals surface area contributed by atoms with E-state index in [1.807, 2.05) is 0 Å². The summed E-state index contributed by atoms with van der Waals surface area (Å²) in [4.78, 5) is 26.6. The third-order valence-corrected chi connectivity index (χ3v) is 7.32. The number of fused-ring (bicyclic) bond motifs is 3. The molecule has 1 aromatic rings. The summed E-state index contributed by atoms with van der Waals surface area (Å²) in [6.07, 6.45) is 5.23. The van der Waals surface area contributed by atoms with E-state index in [2.05, 4.69) is 12.2 Å². The highest BCUT2D eigenvalue weighted by Crippen LogP contribution is 2.56. The molecule has 1 N–H and O–H groups in total. The highest BCUT2D eigenvalue weighted by molar-refractivity contribution is 7.17. The molecule has 1 amide bonds. The van der Waals surface area contributed by atoms with Gasteiger partial charge in [0.2, 0.25) is 5.91 Å². The Morgan fingerprint density at radius 2 is 2.24 bits per heavy atom. The van der Waals surface area contributed by atoms with E-state index in [-0.39, 0.29) is 17.3 Å². The predicted molar refractivity (Wildman–Crippen MR) is 95.8 cm³/mol. The molecule has 2 aliphatic carbocycles. The summed E-state index contributed by atoms with van der Waals surface area (Å²) < 4.78 is 10.8. The van der Waals surface area contributed by atoms with Crippen LogP contribution < -0.4 is 5.32 Å². The lowest BCUT2D eigenvalue weighted by molar-refractivity contribution is -0.127. The number of thiophene rings is 1. The first-order valence-electron chi connectivity index (χ1n) is 9.23. The number of carbonyl (C=O) groups excluding carboxylic acids is 2. The van der Waals surface area contributed by atoms with Crippen LogP contribution in [0.1, 0.15) is 60.3 Å². The van der Waals surface area contributed by atoms with Crippen LogP contribution in [0.4, 0.5) is 5.00 Å². The molecule has 1 aliphatic heterocycles. The topological polar surface area (TPSA) is 64.6 Å². The van der Waals surface area contributed by atoms with Crippen LogP contribution in [-0.2, 0) is 27.3 Å². The van der Waals surface area contributed by atoms with Crippen molar-refractivity contribution in [2.45, 2.75) is 52.6 Å². The normalized spacial score (nSPS) is 30.2. The Kier molecular flexibility index (Phi) is 4.36. The van der Waals surface area contributed by atoms with E-state index in [1.54, 1.807) is 6.92 Å². The summed E-state index contributed by atoms with van der Waals surface area (Å²) >= 11 is 1.46. The Bertz CT molecular complexity index is 713. The average Bonchev–Trinajstić information content (AvgIpc) is 3.26. The summed E-state index contributed by atoms with van der Waals surface area (Å²) in [7, 11) is 0. The monoisotopic (exact) mass is 363 g/mol. The van der Waals surface area contributed by atoms with E-state index >= 15 is 0 Å². The first kappa shape index (κ1) is 17.0. The third-order valence-electron chi connectivity index (χ3n) is 6.20. The minimum absolute atomic E-state index is 0.0600. The molecule has 0 spiro atoms. The zero-order chi connectivity index (χ0) is 17.6. The summed E-state index contributed by atoms with van der Waals surface area (Å²) in [5.74, 6) is 0.886. The van der Waals surface area contributed by atoms with Gasteiger partial charge in [-0.3, -0.25) is 4.79 Å². The zero-order valence-electron chi connectivity index (χ0n) is 14.9. The van der Waals surface area contributed by atoms with Gasteiger partial charge < -0.3 is 14.8 Å². The summed E-state index contributed by atoms with van der Waals surface area (Å²) in [5.41, 5.74) is 1.23. The maximum Gasteiger partial charge on any atom is 0.341 e. The molecule has 0 saturated heterocycles. The van der Waals surface area contributed by atoms with Crippen LogP contribution in [-0.4, -0.2) is 25.1 Å². The minimum Gasteiger partial charge on any atom is -0.462 e. The second kappa shape index (κ2) is 6.40. The smallest absolute Gasteiger partial charge is 0.341 e. The number of carbonyl (C=O) groups is 2. The molecule has 5 nitrogen and oxygen atoms in total. The number of esters is 1. The molecule has 25 heavy (non-hydrogen) atoms. The van der Waals surface area contributed by atoms with Gasteiger partial charge in [-0.15, -0.1) is 11.3 Å². The van der Waals surface area contributed by atoms with E-state index in [4.69, 9.17) is 9.47 Å². The van der Waals surface area contributed by atoms with E-state index in [0.717, 1.165) is 23.3 Å². The van der Waals surface area contributed by atoms with Crippen molar-refractivity contribution in [3.05, 3.63) is 16.0 Å². The van der Waals surface area contributed by atoms with Crippen LogP contribution in [0.5, 0.6) is 0 Å². The molecule has 0 radical (unpaired) electrons. The van der Waals surface area contributed by atoms with Gasteiger partial charge in [-0.2, -0.15) is 0 Å². The van der Waals surface area contributed by atoms with Crippen molar-refractivity contribution < 1.29 is 19.1 Å². The Morgan fingerprint density at radius 1 is 1.40 bits per heavy atom. The largest absolute Gasteiger partial charge is 0.462 e. The Labute approximate surface area is 152 Å². The number of hydrogen-bond donors (Lipinski definition) is 1. The number of ether oxygens (including phenoxy) is 2. The first-order chi connectivity index (χ1) is 12.0. The van der Waals surface area contributed by atoms with Crippen molar-refractivity contribution >= 4 is 28.2 Å². The van der Waals surface area contributed by atoms with Gasteiger partial charge in [-0.1, -0.05) is 13.3 Å². The molecular formula is C19H25NO4S. The van der Waals surface area contributed by atoms with Gasteiger partial charge in [0, 0.05) is 10.3 Å². The molecule has 1 aromatic heterocycles. The molecule has 4 rings (SSSR count). The van der Waals surface area contributed by atoms with Crippen molar-refractivity contribution in [2.24, 2.45) is 17.3 Å². The molecule has 2 heterocycles. The predicted octanol–water partition coefficient (Wildman–Crippen LogP) is 3.76. The molecule has 2 fully saturated rings. The highest BCUT2D eigenvalue weighted by Gasteiger charge is 2.52. The Balaban J connectivity index is 1.62. The SMILES string of the molecule is CCOC(=O)c1c(NC(=O)C2(C)CC3CCC2C3)sc2c1CCOC2. The minimum atomic E-state index is -0.338. The summed E-state index contributed by atoms with van der Waals surface area (Å²) in [6.45, 7) is 5.32. The van der Waals surface area contributed by atoms with Crippen LogP contribution in [0.3, 0.4) is 0 Å². The van der Waals surface area contributed by atoms with Gasteiger partial charge in [0.1, 0.15) is 5.00 Å². The van der Waals surface area contributed by atoms with Gasteiger partial charge in [0.05, 0.1) is 25.4 Å². The van der Waals surface area contributed by atoms with Crippen molar-refractivity contribution in [2.75, 3.05) is 18.5 Å². The molecule has 3 aliphatic rings. The van der Waals surface area contributed by atoms with E-state index in [0.29, 0.717) is 48.6 Å². The number of anilines is 1. The Morgan fingerprint density at radius 3 is 2.92 bits per heavy atom. The van der Waals surface area contributed by atoms with Gasteiger partial charge in [0.15, 0.2) is 0 Å².